The molecule has 5 heteroatoms. The molecule has 0 radical (unpaired) electrons. The number of nitrogens with one attached hydrogen (secondary N) is 1. The molecule has 0 spiro atoms. The zero-order valence-electron chi connectivity index (χ0n) is 16.0. The van der Waals surface area contributed by atoms with Gasteiger partial charge in [0.2, 0.25) is 0 Å². The number of carbonyl (C=O) groups excluding carboxylic acids is 1. The van der Waals surface area contributed by atoms with Crippen LogP contribution in [0.25, 0.3) is 11.0 Å². The minimum atomic E-state index is -0.0969. The van der Waals surface area contributed by atoms with Crippen LogP contribution in [0.3, 0.4) is 0 Å². The number of aromatic nitrogens is 2. The lowest BCUT2D eigenvalue weighted by atomic mass is 10.1. The van der Waals surface area contributed by atoms with E-state index < -0.39 is 0 Å². The molecule has 1 amide bonds. The lowest BCUT2D eigenvalue weighted by molar-refractivity contribution is 0.0949. The van der Waals surface area contributed by atoms with Crippen molar-refractivity contribution in [2.24, 2.45) is 0 Å². The number of fused-ring (bicyclic) bond motifs is 1. The Morgan fingerprint density at radius 3 is 2.45 bits per heavy atom. The summed E-state index contributed by atoms with van der Waals surface area (Å²) < 4.78 is 3.18. The van der Waals surface area contributed by atoms with E-state index in [1.807, 2.05) is 48.5 Å². The smallest absolute Gasteiger partial charge is 0.251 e. The largest absolute Gasteiger partial charge is 0.345 e. The first-order chi connectivity index (χ1) is 14.2. The minimum Gasteiger partial charge on any atom is -0.345 e. The van der Waals surface area contributed by atoms with E-state index in [4.69, 9.17) is 4.98 Å². The highest BCUT2D eigenvalue weighted by Crippen LogP contribution is 2.18. The number of hydrogen-bond acceptors (Lipinski definition) is 2. The third kappa shape index (κ3) is 4.74. The Balaban J connectivity index is 1.48. The van der Waals surface area contributed by atoms with Crippen LogP contribution in [0.1, 0.15) is 28.2 Å². The molecule has 0 saturated heterocycles. The molecule has 0 atom stereocenters. The summed E-state index contributed by atoms with van der Waals surface area (Å²) in [4.78, 5) is 17.3. The van der Waals surface area contributed by atoms with Crippen molar-refractivity contribution in [3.05, 3.63) is 100 Å². The van der Waals surface area contributed by atoms with E-state index in [-0.39, 0.29) is 5.91 Å². The first kappa shape index (κ1) is 19.4. The number of carbonyl (C=O) groups is 1. The summed E-state index contributed by atoms with van der Waals surface area (Å²) in [6, 6.07) is 26.0. The molecule has 4 nitrogen and oxygen atoms in total. The average molecular weight is 448 g/mol. The van der Waals surface area contributed by atoms with Gasteiger partial charge < -0.3 is 9.88 Å². The van der Waals surface area contributed by atoms with Crippen molar-refractivity contribution in [2.45, 2.75) is 25.9 Å². The van der Waals surface area contributed by atoms with E-state index in [0.717, 1.165) is 40.7 Å². The number of aryl methyl sites for hydroxylation is 2. The number of halogens is 1. The van der Waals surface area contributed by atoms with Crippen molar-refractivity contribution in [1.29, 1.82) is 0 Å². The molecular formula is C24H22BrN3O. The molecule has 0 bridgehead atoms. The van der Waals surface area contributed by atoms with Gasteiger partial charge in [-0.1, -0.05) is 58.4 Å². The summed E-state index contributed by atoms with van der Waals surface area (Å²) in [5, 5.41) is 3.01. The Labute approximate surface area is 178 Å². The fourth-order valence-corrected chi connectivity index (χ4v) is 3.72. The van der Waals surface area contributed by atoms with E-state index in [0.29, 0.717) is 12.1 Å². The van der Waals surface area contributed by atoms with Gasteiger partial charge in [-0.2, -0.15) is 0 Å². The summed E-state index contributed by atoms with van der Waals surface area (Å²) in [6.07, 6.45) is 2.02. The van der Waals surface area contributed by atoms with Crippen molar-refractivity contribution < 1.29 is 4.79 Å². The molecule has 3 aromatic carbocycles. The van der Waals surface area contributed by atoms with E-state index in [9.17, 15) is 4.79 Å². The summed E-state index contributed by atoms with van der Waals surface area (Å²) in [7, 11) is 0. The van der Waals surface area contributed by atoms with Gasteiger partial charge in [-0.25, -0.2) is 4.98 Å². The molecule has 1 N–H and O–H groups in total. The molecule has 0 aliphatic heterocycles. The van der Waals surface area contributed by atoms with Gasteiger partial charge in [0, 0.05) is 16.6 Å². The SMILES string of the molecule is O=C(NCc1nc2ccccc2n1CCCc1ccccc1)c1ccc(Br)cc1. The number of para-hydroxylation sites is 2. The van der Waals surface area contributed by atoms with Crippen LogP contribution in [0.2, 0.25) is 0 Å². The lowest BCUT2D eigenvalue weighted by Gasteiger charge is -2.11. The molecule has 0 aliphatic carbocycles. The molecule has 0 aliphatic rings. The molecule has 0 fully saturated rings. The molecule has 4 aromatic rings. The molecule has 146 valence electrons. The third-order valence-electron chi connectivity index (χ3n) is 4.94. The second-order valence-corrected chi connectivity index (χ2v) is 7.86. The molecule has 1 aromatic heterocycles. The summed E-state index contributed by atoms with van der Waals surface area (Å²) in [6.45, 7) is 1.26. The third-order valence-corrected chi connectivity index (χ3v) is 5.47. The van der Waals surface area contributed by atoms with Crippen molar-refractivity contribution in [2.75, 3.05) is 0 Å². The van der Waals surface area contributed by atoms with E-state index >= 15 is 0 Å². The molecule has 1 heterocycles. The maximum Gasteiger partial charge on any atom is 0.251 e. The van der Waals surface area contributed by atoms with Gasteiger partial charge in [-0.05, 0) is 54.8 Å². The Kier molecular flexibility index (Phi) is 6.06. The highest BCUT2D eigenvalue weighted by molar-refractivity contribution is 9.10. The van der Waals surface area contributed by atoms with Crippen LogP contribution < -0.4 is 5.32 Å². The van der Waals surface area contributed by atoms with Crippen LogP contribution >= 0.6 is 15.9 Å². The number of hydrogen-bond donors (Lipinski definition) is 1. The predicted molar refractivity (Wildman–Crippen MR) is 120 cm³/mol. The fourth-order valence-electron chi connectivity index (χ4n) is 3.46. The standard InChI is InChI=1S/C24H22BrN3O/c25-20-14-12-19(13-15-20)24(29)26-17-23-27-21-10-4-5-11-22(21)28(23)16-6-9-18-7-2-1-3-8-18/h1-5,7-8,10-15H,6,9,16-17H2,(H,26,29). The average Bonchev–Trinajstić information content (AvgIpc) is 3.11. The number of benzene rings is 3. The maximum atomic E-state index is 12.5. The highest BCUT2D eigenvalue weighted by Gasteiger charge is 2.12. The number of nitrogens with zero attached hydrogens (tertiary/aromatic N) is 2. The normalized spacial score (nSPS) is 10.9. The number of rotatable bonds is 7. The predicted octanol–water partition coefficient (Wildman–Crippen LogP) is 5.36. The lowest BCUT2D eigenvalue weighted by Crippen LogP contribution is -2.24. The summed E-state index contributed by atoms with van der Waals surface area (Å²) in [5.41, 5.74) is 4.04. The first-order valence-electron chi connectivity index (χ1n) is 9.72. The molecule has 4 rings (SSSR count). The minimum absolute atomic E-state index is 0.0969. The Morgan fingerprint density at radius 1 is 0.931 bits per heavy atom. The van der Waals surface area contributed by atoms with Gasteiger partial charge >= 0.3 is 0 Å². The monoisotopic (exact) mass is 447 g/mol. The van der Waals surface area contributed by atoms with Gasteiger partial charge in [0.1, 0.15) is 5.82 Å². The second-order valence-electron chi connectivity index (χ2n) is 6.95. The van der Waals surface area contributed by atoms with Gasteiger partial charge in [-0.3, -0.25) is 4.79 Å². The van der Waals surface area contributed by atoms with E-state index in [1.54, 1.807) is 0 Å². The maximum absolute atomic E-state index is 12.5. The zero-order chi connectivity index (χ0) is 20.1. The van der Waals surface area contributed by atoms with Crippen LogP contribution in [0.15, 0.2) is 83.3 Å². The van der Waals surface area contributed by atoms with Crippen LogP contribution in [0.4, 0.5) is 0 Å². The topological polar surface area (TPSA) is 46.9 Å². The number of amides is 1. The Bertz CT molecular complexity index is 1100. The van der Waals surface area contributed by atoms with Crippen LogP contribution in [0.5, 0.6) is 0 Å². The quantitative estimate of drug-likeness (QED) is 0.414. The molecule has 0 unspecified atom stereocenters. The highest BCUT2D eigenvalue weighted by atomic mass is 79.9. The fraction of sp³-hybridized carbons (Fsp3) is 0.167. The second kappa shape index (κ2) is 9.05. The van der Waals surface area contributed by atoms with Crippen molar-refractivity contribution >= 4 is 32.9 Å². The Morgan fingerprint density at radius 2 is 1.66 bits per heavy atom. The van der Waals surface area contributed by atoms with E-state index in [1.165, 1.54) is 5.56 Å². The van der Waals surface area contributed by atoms with E-state index in [2.05, 4.69) is 56.1 Å². The van der Waals surface area contributed by atoms with Crippen molar-refractivity contribution in [3.63, 3.8) is 0 Å². The van der Waals surface area contributed by atoms with Crippen LogP contribution in [0, 0.1) is 0 Å². The number of imidazole rings is 1. The van der Waals surface area contributed by atoms with Crippen LogP contribution in [-0.2, 0) is 19.5 Å². The first-order valence-corrected chi connectivity index (χ1v) is 10.5. The van der Waals surface area contributed by atoms with Crippen molar-refractivity contribution in [1.82, 2.24) is 14.9 Å². The summed E-state index contributed by atoms with van der Waals surface area (Å²) in [5.74, 6) is 0.783. The molecule has 29 heavy (non-hydrogen) atoms. The molecular weight excluding hydrogens is 426 g/mol. The van der Waals surface area contributed by atoms with Crippen LogP contribution in [-0.4, -0.2) is 15.5 Å². The van der Waals surface area contributed by atoms with Gasteiger partial charge in [0.15, 0.2) is 0 Å². The molecule has 0 saturated carbocycles. The van der Waals surface area contributed by atoms with Gasteiger partial charge in [0.05, 0.1) is 17.6 Å². The Hall–Kier alpha value is -2.92. The van der Waals surface area contributed by atoms with Gasteiger partial charge in [0.25, 0.3) is 5.91 Å². The summed E-state index contributed by atoms with van der Waals surface area (Å²) >= 11 is 3.40. The van der Waals surface area contributed by atoms with Gasteiger partial charge in [-0.15, -0.1) is 0 Å². The zero-order valence-corrected chi connectivity index (χ0v) is 17.6. The van der Waals surface area contributed by atoms with Crippen molar-refractivity contribution in [3.8, 4) is 0 Å².